The molecule has 1 aromatic carbocycles. The fourth-order valence-electron chi connectivity index (χ4n) is 5.47. The number of amides is 1. The highest BCUT2D eigenvalue weighted by Crippen LogP contribution is 2.42. The summed E-state index contributed by atoms with van der Waals surface area (Å²) in [5.74, 6) is 0.627. The van der Waals surface area contributed by atoms with E-state index in [0.29, 0.717) is 34.9 Å². The first-order valence-electron chi connectivity index (χ1n) is 12.4. The maximum atomic E-state index is 13.0. The van der Waals surface area contributed by atoms with Gasteiger partial charge in [0.25, 0.3) is 0 Å². The molecule has 3 aromatic heterocycles. The van der Waals surface area contributed by atoms with Crippen LogP contribution in [0.5, 0.6) is 0 Å². The van der Waals surface area contributed by atoms with Gasteiger partial charge in [-0.1, -0.05) is 12.1 Å². The van der Waals surface area contributed by atoms with Crippen molar-refractivity contribution in [1.82, 2.24) is 19.3 Å². The van der Waals surface area contributed by atoms with E-state index in [1.165, 1.54) is 11.3 Å². The maximum Gasteiger partial charge on any atom is 0.410 e. The van der Waals surface area contributed by atoms with Crippen molar-refractivity contribution in [3.8, 4) is 0 Å². The lowest BCUT2D eigenvalue weighted by molar-refractivity contribution is 0.0122. The van der Waals surface area contributed by atoms with Gasteiger partial charge in [-0.3, -0.25) is 9.20 Å². The summed E-state index contributed by atoms with van der Waals surface area (Å²) < 4.78 is 8.59. The van der Waals surface area contributed by atoms with Crippen molar-refractivity contribution >= 4 is 55.1 Å². The minimum atomic E-state index is -0.490. The van der Waals surface area contributed by atoms with Crippen molar-refractivity contribution in [3.05, 3.63) is 40.7 Å². The average molecular weight is 507 g/mol. The highest BCUT2D eigenvalue weighted by Gasteiger charge is 2.42. The summed E-state index contributed by atoms with van der Waals surface area (Å²) in [6, 6.07) is 8.00. The lowest BCUT2D eigenvalue weighted by Crippen LogP contribution is -2.46. The number of pyridine rings is 1. The zero-order chi connectivity index (χ0) is 25.2. The molecule has 188 valence electrons. The van der Waals surface area contributed by atoms with Crippen LogP contribution in [0.3, 0.4) is 0 Å². The number of para-hydroxylation sites is 1. The van der Waals surface area contributed by atoms with E-state index >= 15 is 0 Å². The molecule has 4 aromatic rings. The Bertz CT molecular complexity index is 1560. The van der Waals surface area contributed by atoms with E-state index in [9.17, 15) is 9.59 Å². The van der Waals surface area contributed by atoms with Crippen LogP contribution in [0, 0.1) is 5.41 Å². The van der Waals surface area contributed by atoms with Gasteiger partial charge in [0.1, 0.15) is 16.1 Å². The number of likely N-dealkylation sites (tertiary alicyclic amines) is 1. The maximum absolute atomic E-state index is 13.0. The zero-order valence-corrected chi connectivity index (χ0v) is 21.6. The third-order valence-electron chi connectivity index (χ3n) is 7.40. The number of carbonyl (C=O) groups excluding carboxylic acids is 1. The van der Waals surface area contributed by atoms with Crippen molar-refractivity contribution in [2.75, 3.05) is 36.8 Å². The molecule has 2 N–H and O–H groups in total. The molecule has 2 aliphatic heterocycles. The van der Waals surface area contributed by atoms with Crippen molar-refractivity contribution in [2.45, 2.75) is 45.6 Å². The van der Waals surface area contributed by atoms with Crippen molar-refractivity contribution in [2.24, 2.45) is 5.41 Å². The van der Waals surface area contributed by atoms with E-state index in [4.69, 9.17) is 15.5 Å². The number of nitrogens with two attached hydrogens (primary N) is 1. The quantitative estimate of drug-likeness (QED) is 0.411. The Kier molecular flexibility index (Phi) is 5.15. The van der Waals surface area contributed by atoms with Crippen LogP contribution in [0.25, 0.3) is 26.1 Å². The molecule has 0 atom stereocenters. The summed E-state index contributed by atoms with van der Waals surface area (Å²) in [7, 11) is 0. The number of rotatable bonds is 1. The zero-order valence-electron chi connectivity index (χ0n) is 20.8. The van der Waals surface area contributed by atoms with Gasteiger partial charge >= 0.3 is 6.09 Å². The Hall–Kier alpha value is -3.40. The van der Waals surface area contributed by atoms with Crippen LogP contribution >= 0.6 is 11.3 Å². The second-order valence-electron chi connectivity index (χ2n) is 11.0. The average Bonchev–Trinajstić information content (AvgIpc) is 3.44. The standard InChI is InChI=1S/C26H30N6O3S/c1-25(2,3)35-24(34)30-11-8-26(9-12-30)10-13-31(15-26)23-28-14-16-20(33)19(27)22-32(21(16)29-23)17-6-4-5-7-18(17)36-22/h4-7,14H,8-13,15,27H2,1-3H3. The van der Waals surface area contributed by atoms with Gasteiger partial charge in [-0.2, -0.15) is 4.98 Å². The van der Waals surface area contributed by atoms with Crippen molar-refractivity contribution in [1.29, 1.82) is 0 Å². The molecule has 0 unspecified atom stereocenters. The molecule has 1 amide bonds. The van der Waals surface area contributed by atoms with Gasteiger partial charge in [-0.25, -0.2) is 9.78 Å². The number of ether oxygens (including phenoxy) is 1. The summed E-state index contributed by atoms with van der Waals surface area (Å²) in [4.78, 5) is 39.7. The van der Waals surface area contributed by atoms with E-state index in [-0.39, 0.29) is 22.6 Å². The number of thiazole rings is 1. The Labute approximate surface area is 212 Å². The van der Waals surface area contributed by atoms with Gasteiger partial charge in [-0.15, -0.1) is 11.3 Å². The largest absolute Gasteiger partial charge is 0.444 e. The van der Waals surface area contributed by atoms with Crippen LogP contribution in [0.15, 0.2) is 35.3 Å². The molecule has 0 saturated carbocycles. The van der Waals surface area contributed by atoms with Gasteiger partial charge < -0.3 is 20.3 Å². The molecule has 2 aliphatic rings. The number of nitrogen functional groups attached to an aromatic ring is 1. The van der Waals surface area contributed by atoms with Gasteiger partial charge in [0.05, 0.1) is 15.6 Å². The molecule has 0 radical (unpaired) electrons. The topological polar surface area (TPSA) is 106 Å². The molecular formula is C26H30N6O3S. The molecule has 2 fully saturated rings. The Morgan fingerprint density at radius 2 is 1.86 bits per heavy atom. The fourth-order valence-corrected chi connectivity index (χ4v) is 6.56. The lowest BCUT2D eigenvalue weighted by atomic mass is 9.78. The predicted molar refractivity (Wildman–Crippen MR) is 143 cm³/mol. The number of nitrogens with zero attached hydrogens (tertiary/aromatic N) is 5. The molecule has 1 spiro atoms. The first-order chi connectivity index (χ1) is 17.1. The Balaban J connectivity index is 1.29. The van der Waals surface area contributed by atoms with Crippen LogP contribution in [-0.2, 0) is 4.74 Å². The smallest absolute Gasteiger partial charge is 0.410 e. The second-order valence-corrected chi connectivity index (χ2v) is 12.0. The third kappa shape index (κ3) is 3.75. The van der Waals surface area contributed by atoms with Crippen LogP contribution in [-0.4, -0.2) is 57.1 Å². The summed E-state index contributed by atoms with van der Waals surface area (Å²) in [5.41, 5.74) is 7.45. The first kappa shape index (κ1) is 23.0. The normalized spacial score (nSPS) is 18.1. The van der Waals surface area contributed by atoms with Gasteiger partial charge in [0, 0.05) is 32.4 Å². The Morgan fingerprint density at radius 1 is 1.14 bits per heavy atom. The number of hydrogen-bond donors (Lipinski definition) is 1. The molecule has 36 heavy (non-hydrogen) atoms. The number of piperidine rings is 1. The van der Waals surface area contributed by atoms with E-state index in [1.54, 1.807) is 6.20 Å². The molecule has 2 saturated heterocycles. The van der Waals surface area contributed by atoms with Crippen LogP contribution in [0.1, 0.15) is 40.0 Å². The van der Waals surface area contributed by atoms with Crippen molar-refractivity contribution < 1.29 is 9.53 Å². The molecule has 10 heteroatoms. The van der Waals surface area contributed by atoms with Gasteiger partial charge in [0.15, 0.2) is 5.65 Å². The SMILES string of the molecule is CC(C)(C)OC(=O)N1CCC2(CC1)CCN(c1ncc3c(=O)c(N)c4sc5ccccc5n4c3n1)C2. The summed E-state index contributed by atoms with van der Waals surface area (Å²) in [6.45, 7) is 8.74. The summed E-state index contributed by atoms with van der Waals surface area (Å²) >= 11 is 1.50. The number of hydrogen-bond acceptors (Lipinski definition) is 8. The molecular weight excluding hydrogens is 476 g/mol. The number of anilines is 2. The predicted octanol–water partition coefficient (Wildman–Crippen LogP) is 4.27. The third-order valence-corrected chi connectivity index (χ3v) is 8.56. The molecule has 0 aliphatic carbocycles. The monoisotopic (exact) mass is 506 g/mol. The Morgan fingerprint density at radius 3 is 2.61 bits per heavy atom. The molecule has 0 bridgehead atoms. The number of aromatic nitrogens is 3. The number of carbonyl (C=O) groups is 1. The number of fused-ring (bicyclic) bond motifs is 5. The first-order valence-corrected chi connectivity index (χ1v) is 13.2. The summed E-state index contributed by atoms with van der Waals surface area (Å²) in [5, 5.41) is 0.428. The second kappa shape index (κ2) is 8.06. The molecule has 5 heterocycles. The molecule has 9 nitrogen and oxygen atoms in total. The van der Waals surface area contributed by atoms with E-state index in [1.807, 2.05) is 54.3 Å². The van der Waals surface area contributed by atoms with Crippen LogP contribution in [0.4, 0.5) is 16.4 Å². The van der Waals surface area contributed by atoms with Gasteiger partial charge in [0.2, 0.25) is 11.4 Å². The fraction of sp³-hybridized carbons (Fsp3) is 0.462. The van der Waals surface area contributed by atoms with E-state index in [2.05, 4.69) is 9.88 Å². The lowest BCUT2D eigenvalue weighted by Gasteiger charge is -2.39. The highest BCUT2D eigenvalue weighted by molar-refractivity contribution is 7.24. The minimum Gasteiger partial charge on any atom is -0.444 e. The number of benzene rings is 1. The van der Waals surface area contributed by atoms with E-state index < -0.39 is 5.60 Å². The van der Waals surface area contributed by atoms with Crippen LogP contribution < -0.4 is 16.1 Å². The molecule has 6 rings (SSSR count). The van der Waals surface area contributed by atoms with Gasteiger partial charge in [-0.05, 0) is 57.6 Å². The van der Waals surface area contributed by atoms with E-state index in [0.717, 1.165) is 42.6 Å². The van der Waals surface area contributed by atoms with Crippen LogP contribution in [0.2, 0.25) is 0 Å². The minimum absolute atomic E-state index is 0.124. The van der Waals surface area contributed by atoms with Crippen molar-refractivity contribution in [3.63, 3.8) is 0 Å². The highest BCUT2D eigenvalue weighted by atomic mass is 32.1. The summed E-state index contributed by atoms with van der Waals surface area (Å²) in [6.07, 6.45) is 4.25.